The molecule has 0 aliphatic carbocycles. The molecule has 0 spiro atoms. The summed E-state index contributed by atoms with van der Waals surface area (Å²) < 4.78 is 0. The SMILES string of the molecule is CC1CCc2ccccc2N1c1ncc(CO)cn1. The van der Waals surface area contributed by atoms with Gasteiger partial charge in [0.2, 0.25) is 5.95 Å². The molecule has 98 valence electrons. The van der Waals surface area contributed by atoms with Crippen molar-refractivity contribution in [3.63, 3.8) is 0 Å². The Kier molecular flexibility index (Phi) is 3.17. The molecule has 0 saturated carbocycles. The number of aryl methyl sites for hydroxylation is 1. The number of aromatic nitrogens is 2. The molecule has 0 fully saturated rings. The van der Waals surface area contributed by atoms with Gasteiger partial charge in [0.15, 0.2) is 0 Å². The Morgan fingerprint density at radius 1 is 1.26 bits per heavy atom. The Morgan fingerprint density at radius 3 is 2.74 bits per heavy atom. The second-order valence-electron chi connectivity index (χ2n) is 4.94. The summed E-state index contributed by atoms with van der Waals surface area (Å²) in [6.45, 7) is 2.17. The molecule has 0 saturated heterocycles. The van der Waals surface area contributed by atoms with E-state index < -0.39 is 0 Å². The fraction of sp³-hybridized carbons (Fsp3) is 0.333. The molecule has 1 aliphatic heterocycles. The van der Waals surface area contributed by atoms with Gasteiger partial charge in [-0.15, -0.1) is 0 Å². The average Bonchev–Trinajstić information content (AvgIpc) is 2.47. The minimum Gasteiger partial charge on any atom is -0.392 e. The van der Waals surface area contributed by atoms with Crippen LogP contribution in [0.5, 0.6) is 0 Å². The average molecular weight is 255 g/mol. The van der Waals surface area contributed by atoms with E-state index in [0.717, 1.165) is 18.4 Å². The molecule has 3 rings (SSSR count). The quantitative estimate of drug-likeness (QED) is 0.895. The highest BCUT2D eigenvalue weighted by Crippen LogP contribution is 2.34. The van der Waals surface area contributed by atoms with Gasteiger partial charge in [-0.1, -0.05) is 18.2 Å². The predicted octanol–water partition coefficient (Wildman–Crippen LogP) is 2.44. The molecular weight excluding hydrogens is 238 g/mol. The second-order valence-corrected chi connectivity index (χ2v) is 4.94. The summed E-state index contributed by atoms with van der Waals surface area (Å²) in [4.78, 5) is 10.9. The van der Waals surface area contributed by atoms with E-state index in [2.05, 4.69) is 40.0 Å². The third-order valence-corrected chi connectivity index (χ3v) is 3.61. The maximum absolute atomic E-state index is 9.05. The molecule has 2 heterocycles. The molecule has 4 nitrogen and oxygen atoms in total. The molecule has 1 aromatic carbocycles. The van der Waals surface area contributed by atoms with E-state index in [9.17, 15) is 0 Å². The lowest BCUT2D eigenvalue weighted by molar-refractivity contribution is 0.281. The van der Waals surface area contributed by atoms with E-state index >= 15 is 0 Å². The number of fused-ring (bicyclic) bond motifs is 1. The number of benzene rings is 1. The van der Waals surface area contributed by atoms with Crippen molar-refractivity contribution in [3.8, 4) is 0 Å². The van der Waals surface area contributed by atoms with Gasteiger partial charge in [-0.25, -0.2) is 9.97 Å². The van der Waals surface area contributed by atoms with Gasteiger partial charge in [0, 0.05) is 29.7 Å². The fourth-order valence-corrected chi connectivity index (χ4v) is 2.55. The van der Waals surface area contributed by atoms with E-state index in [1.807, 2.05) is 6.07 Å². The number of anilines is 2. The van der Waals surface area contributed by atoms with E-state index in [4.69, 9.17) is 5.11 Å². The maximum atomic E-state index is 9.05. The summed E-state index contributed by atoms with van der Waals surface area (Å²) in [5, 5.41) is 9.05. The Labute approximate surface area is 112 Å². The first-order valence-corrected chi connectivity index (χ1v) is 6.58. The van der Waals surface area contributed by atoms with Crippen LogP contribution < -0.4 is 4.90 Å². The molecular formula is C15H17N3O. The number of aliphatic hydroxyl groups is 1. The summed E-state index contributed by atoms with van der Waals surface area (Å²) >= 11 is 0. The summed E-state index contributed by atoms with van der Waals surface area (Å²) in [5.74, 6) is 0.705. The van der Waals surface area contributed by atoms with Crippen LogP contribution in [0.1, 0.15) is 24.5 Å². The number of para-hydroxylation sites is 1. The Balaban J connectivity index is 2.02. The highest BCUT2D eigenvalue weighted by Gasteiger charge is 2.25. The van der Waals surface area contributed by atoms with Gasteiger partial charge in [-0.2, -0.15) is 0 Å². The van der Waals surface area contributed by atoms with E-state index in [1.165, 1.54) is 11.3 Å². The third kappa shape index (κ3) is 2.19. The van der Waals surface area contributed by atoms with Gasteiger partial charge >= 0.3 is 0 Å². The number of hydrogen-bond acceptors (Lipinski definition) is 4. The zero-order valence-electron chi connectivity index (χ0n) is 11.0. The van der Waals surface area contributed by atoms with Gasteiger partial charge in [0.25, 0.3) is 0 Å². The minimum atomic E-state index is -0.0214. The molecule has 1 aromatic heterocycles. The fourth-order valence-electron chi connectivity index (χ4n) is 2.55. The second kappa shape index (κ2) is 4.97. The van der Waals surface area contributed by atoms with Crippen LogP contribution in [-0.2, 0) is 13.0 Å². The summed E-state index contributed by atoms with van der Waals surface area (Å²) in [6, 6.07) is 8.79. The standard InChI is InChI=1S/C15H17N3O/c1-11-6-7-13-4-2-3-5-14(13)18(11)15-16-8-12(10-19)9-17-15/h2-5,8-9,11,19H,6-7,10H2,1H3. The predicted molar refractivity (Wildman–Crippen MR) is 74.3 cm³/mol. The molecule has 1 unspecified atom stereocenters. The van der Waals surface area contributed by atoms with Gasteiger partial charge < -0.3 is 10.0 Å². The van der Waals surface area contributed by atoms with Crippen LogP contribution in [0.2, 0.25) is 0 Å². The van der Waals surface area contributed by atoms with Crippen molar-refractivity contribution in [1.29, 1.82) is 0 Å². The summed E-state index contributed by atoms with van der Waals surface area (Å²) in [7, 11) is 0. The molecule has 1 atom stereocenters. The largest absolute Gasteiger partial charge is 0.392 e. The Hall–Kier alpha value is -1.94. The zero-order valence-corrected chi connectivity index (χ0v) is 11.0. The molecule has 4 heteroatoms. The van der Waals surface area contributed by atoms with Gasteiger partial charge in [0.1, 0.15) is 0 Å². The van der Waals surface area contributed by atoms with Crippen molar-refractivity contribution in [2.24, 2.45) is 0 Å². The molecule has 1 N–H and O–H groups in total. The first-order chi connectivity index (χ1) is 9.29. The zero-order chi connectivity index (χ0) is 13.2. The van der Waals surface area contributed by atoms with Crippen LogP contribution in [0.4, 0.5) is 11.6 Å². The van der Waals surface area contributed by atoms with Gasteiger partial charge in [-0.05, 0) is 31.4 Å². The van der Waals surface area contributed by atoms with Crippen molar-refractivity contribution < 1.29 is 5.11 Å². The lowest BCUT2D eigenvalue weighted by atomic mass is 9.97. The highest BCUT2D eigenvalue weighted by molar-refractivity contribution is 5.64. The lowest BCUT2D eigenvalue weighted by Crippen LogP contribution is -2.34. The molecule has 2 aromatic rings. The molecule has 0 radical (unpaired) electrons. The first-order valence-electron chi connectivity index (χ1n) is 6.58. The van der Waals surface area contributed by atoms with E-state index in [1.54, 1.807) is 12.4 Å². The van der Waals surface area contributed by atoms with Crippen LogP contribution in [0.3, 0.4) is 0 Å². The van der Waals surface area contributed by atoms with Crippen LogP contribution >= 0.6 is 0 Å². The number of aliphatic hydroxyl groups excluding tert-OH is 1. The minimum absolute atomic E-state index is 0.0214. The van der Waals surface area contributed by atoms with Crippen molar-refractivity contribution >= 4 is 11.6 Å². The lowest BCUT2D eigenvalue weighted by Gasteiger charge is -2.35. The van der Waals surface area contributed by atoms with Crippen molar-refractivity contribution in [2.45, 2.75) is 32.4 Å². The Morgan fingerprint density at radius 2 is 2.00 bits per heavy atom. The number of rotatable bonds is 2. The van der Waals surface area contributed by atoms with Gasteiger partial charge in [0.05, 0.1) is 6.61 Å². The smallest absolute Gasteiger partial charge is 0.230 e. The number of nitrogens with zero attached hydrogens (tertiary/aromatic N) is 3. The van der Waals surface area contributed by atoms with Crippen molar-refractivity contribution in [1.82, 2.24) is 9.97 Å². The monoisotopic (exact) mass is 255 g/mol. The van der Waals surface area contributed by atoms with Crippen LogP contribution in [0, 0.1) is 0 Å². The van der Waals surface area contributed by atoms with Crippen LogP contribution in [-0.4, -0.2) is 21.1 Å². The van der Waals surface area contributed by atoms with Crippen molar-refractivity contribution in [3.05, 3.63) is 47.8 Å². The maximum Gasteiger partial charge on any atom is 0.230 e. The molecule has 19 heavy (non-hydrogen) atoms. The summed E-state index contributed by atoms with van der Waals surface area (Å²) in [6.07, 6.45) is 5.57. The Bertz CT molecular complexity index is 568. The van der Waals surface area contributed by atoms with Gasteiger partial charge in [-0.3, -0.25) is 0 Å². The van der Waals surface area contributed by atoms with Crippen molar-refractivity contribution in [2.75, 3.05) is 4.90 Å². The van der Waals surface area contributed by atoms with E-state index in [-0.39, 0.29) is 6.61 Å². The summed E-state index contributed by atoms with van der Waals surface area (Å²) in [5.41, 5.74) is 3.27. The normalized spacial score (nSPS) is 18.2. The third-order valence-electron chi connectivity index (χ3n) is 3.61. The van der Waals surface area contributed by atoms with E-state index in [0.29, 0.717) is 12.0 Å². The highest BCUT2D eigenvalue weighted by atomic mass is 16.3. The van der Waals surface area contributed by atoms with Crippen LogP contribution in [0.15, 0.2) is 36.7 Å². The molecule has 0 amide bonds. The van der Waals surface area contributed by atoms with Crippen LogP contribution in [0.25, 0.3) is 0 Å². The first kappa shape index (κ1) is 12.1. The molecule has 1 aliphatic rings. The number of hydrogen-bond donors (Lipinski definition) is 1. The topological polar surface area (TPSA) is 49.2 Å². The molecule has 0 bridgehead atoms.